The highest BCUT2D eigenvalue weighted by molar-refractivity contribution is 5.61. The molecule has 0 aromatic rings. The highest BCUT2D eigenvalue weighted by Gasteiger charge is 2.14. The Hall–Kier alpha value is -0.660. The van der Waals surface area contributed by atoms with Gasteiger partial charge in [-0.3, -0.25) is 0 Å². The molecule has 0 bridgehead atoms. The molecule has 0 aliphatic carbocycles. The van der Waals surface area contributed by atoms with Gasteiger partial charge < -0.3 is 0 Å². The van der Waals surface area contributed by atoms with Crippen LogP contribution >= 0.6 is 0 Å². The van der Waals surface area contributed by atoms with E-state index in [1.807, 2.05) is 0 Å². The molecular weight excluding hydrogens is 172 g/mol. The second-order valence-electron chi connectivity index (χ2n) is 4.23. The maximum Gasteiger partial charge on any atom is 0.401 e. The molecule has 80 valence electrons. The summed E-state index contributed by atoms with van der Waals surface area (Å²) in [7, 11) is 2.10. The fourth-order valence-corrected chi connectivity index (χ4v) is 1.83. The molecule has 1 heterocycles. The average Bonchev–Trinajstić information content (AvgIpc) is 2.58. The zero-order valence-corrected chi connectivity index (χ0v) is 9.71. The summed E-state index contributed by atoms with van der Waals surface area (Å²) in [4.78, 5) is 0. The first-order valence-corrected chi connectivity index (χ1v) is 5.97. The zero-order chi connectivity index (χ0) is 10.2. The summed E-state index contributed by atoms with van der Waals surface area (Å²) in [5.41, 5.74) is 0. The maximum atomic E-state index is 2.39. The number of rotatable bonds is 7. The van der Waals surface area contributed by atoms with E-state index in [9.17, 15) is 0 Å². The summed E-state index contributed by atoms with van der Waals surface area (Å²) in [5, 5.41) is 0. The predicted octanol–water partition coefficient (Wildman–Crippen LogP) is 2.11. The molecule has 1 aliphatic rings. The van der Waals surface area contributed by atoms with Gasteiger partial charge >= 0.3 is 6.34 Å². The third-order valence-corrected chi connectivity index (χ3v) is 2.75. The molecule has 1 rings (SSSR count). The van der Waals surface area contributed by atoms with Crippen molar-refractivity contribution < 1.29 is 9.15 Å². The first-order chi connectivity index (χ1) is 6.83. The molecule has 0 amide bonds. The molecule has 1 aliphatic heterocycles. The van der Waals surface area contributed by atoms with E-state index in [1.165, 1.54) is 45.1 Å². The fraction of sp³-hybridized carbons (Fsp3) is 0.833. The van der Waals surface area contributed by atoms with Gasteiger partial charge in [0.25, 0.3) is 0 Å². The molecule has 2 heteroatoms. The van der Waals surface area contributed by atoms with Gasteiger partial charge in [-0.15, -0.1) is 0 Å². The molecular formula is C12H24N2+2. The Labute approximate surface area is 88.0 Å². The molecule has 0 saturated heterocycles. The predicted molar refractivity (Wildman–Crippen MR) is 61.7 cm³/mol. The van der Waals surface area contributed by atoms with Gasteiger partial charge in [-0.05, 0) is 6.42 Å². The normalized spacial score (nSPS) is 15.6. The average molecular weight is 196 g/mol. The van der Waals surface area contributed by atoms with E-state index in [2.05, 4.69) is 35.7 Å². The van der Waals surface area contributed by atoms with Crippen LogP contribution in [0.1, 0.15) is 45.4 Å². The lowest BCUT2D eigenvalue weighted by atomic mass is 10.1. The third-order valence-electron chi connectivity index (χ3n) is 2.75. The Balaban J connectivity index is 1.92. The minimum atomic E-state index is 1.10. The smallest absolute Gasteiger partial charge is 0.171 e. The molecule has 14 heavy (non-hydrogen) atoms. The number of hydrogen-bond donors (Lipinski definition) is 0. The van der Waals surface area contributed by atoms with Gasteiger partial charge in [0.1, 0.15) is 13.6 Å². The van der Waals surface area contributed by atoms with Crippen molar-refractivity contribution in [2.45, 2.75) is 45.4 Å². The third kappa shape index (κ3) is 4.54. The Kier molecular flexibility index (Phi) is 5.50. The lowest BCUT2D eigenvalue weighted by Crippen LogP contribution is -2.12. The fourth-order valence-electron chi connectivity index (χ4n) is 1.83. The Morgan fingerprint density at radius 1 is 1.07 bits per heavy atom. The van der Waals surface area contributed by atoms with Gasteiger partial charge in [0, 0.05) is 6.42 Å². The lowest BCUT2D eigenvalue weighted by Gasteiger charge is -1.97. The minimum absolute atomic E-state index is 1.10. The summed E-state index contributed by atoms with van der Waals surface area (Å²) in [6.45, 7) is 4.60. The van der Waals surface area contributed by atoms with Crippen molar-refractivity contribution >= 4 is 12.6 Å². The summed E-state index contributed by atoms with van der Waals surface area (Å²) in [6.07, 6.45) is 12.8. The van der Waals surface area contributed by atoms with Gasteiger partial charge in [0.15, 0.2) is 0 Å². The minimum Gasteiger partial charge on any atom is -0.171 e. The van der Waals surface area contributed by atoms with E-state index in [4.69, 9.17) is 0 Å². The molecule has 0 spiro atoms. The van der Waals surface area contributed by atoms with Gasteiger partial charge in [-0.25, -0.2) is 0 Å². The van der Waals surface area contributed by atoms with Crippen LogP contribution in [-0.4, -0.2) is 41.8 Å². The molecule has 0 unspecified atom stereocenters. The van der Waals surface area contributed by atoms with Crippen molar-refractivity contribution in [1.82, 2.24) is 0 Å². The van der Waals surface area contributed by atoms with E-state index < -0.39 is 0 Å². The van der Waals surface area contributed by atoms with Gasteiger partial charge in [-0.1, -0.05) is 32.6 Å². The molecule has 0 aromatic heterocycles. The van der Waals surface area contributed by atoms with E-state index in [0.717, 1.165) is 6.54 Å². The highest BCUT2D eigenvalue weighted by atomic mass is 15.2. The van der Waals surface area contributed by atoms with Gasteiger partial charge in [0.05, 0.1) is 0 Å². The van der Waals surface area contributed by atoms with Crippen molar-refractivity contribution in [2.75, 3.05) is 20.1 Å². The van der Waals surface area contributed by atoms with Crippen LogP contribution in [0.25, 0.3) is 0 Å². The summed E-state index contributed by atoms with van der Waals surface area (Å²) in [5.74, 6) is 0. The van der Waals surface area contributed by atoms with E-state index in [0.29, 0.717) is 0 Å². The van der Waals surface area contributed by atoms with Crippen molar-refractivity contribution in [3.05, 3.63) is 0 Å². The molecule has 0 fully saturated rings. The summed E-state index contributed by atoms with van der Waals surface area (Å²) >= 11 is 0. The number of unbranched alkanes of at least 4 members (excludes halogenated alkanes) is 5. The molecule has 0 atom stereocenters. The SMILES string of the molecule is CCCCCCCC[N+]1=C[N+](C)=CC1. The van der Waals surface area contributed by atoms with Crippen LogP contribution in [0.15, 0.2) is 0 Å². The largest absolute Gasteiger partial charge is 0.401 e. The van der Waals surface area contributed by atoms with E-state index in [1.54, 1.807) is 0 Å². The van der Waals surface area contributed by atoms with E-state index in [-0.39, 0.29) is 0 Å². The highest BCUT2D eigenvalue weighted by Crippen LogP contribution is 2.04. The second kappa shape index (κ2) is 6.74. The van der Waals surface area contributed by atoms with E-state index >= 15 is 0 Å². The first kappa shape index (κ1) is 11.4. The van der Waals surface area contributed by atoms with Crippen LogP contribution in [0.3, 0.4) is 0 Å². The molecule has 0 aromatic carbocycles. The second-order valence-corrected chi connectivity index (χ2v) is 4.23. The Bertz CT molecular complexity index is 216. The van der Waals surface area contributed by atoms with Gasteiger partial charge in [0.2, 0.25) is 12.8 Å². The van der Waals surface area contributed by atoms with Crippen molar-refractivity contribution in [3.63, 3.8) is 0 Å². The van der Waals surface area contributed by atoms with Crippen LogP contribution in [0, 0.1) is 0 Å². The van der Waals surface area contributed by atoms with Crippen LogP contribution in [-0.2, 0) is 0 Å². The zero-order valence-electron chi connectivity index (χ0n) is 9.71. The first-order valence-electron chi connectivity index (χ1n) is 5.97. The topological polar surface area (TPSA) is 6.02 Å². The molecule has 0 saturated carbocycles. The van der Waals surface area contributed by atoms with Crippen LogP contribution in [0.4, 0.5) is 0 Å². The molecule has 0 N–H and O–H groups in total. The summed E-state index contributed by atoms with van der Waals surface area (Å²) < 4.78 is 4.54. The standard InChI is InChI=1S/C12H24N2/c1-3-4-5-6-7-8-9-14-11-10-13(2)12-14/h10,12H,3-9,11H2,1-2H3/q+2. The molecule has 0 radical (unpaired) electrons. The van der Waals surface area contributed by atoms with Crippen molar-refractivity contribution in [1.29, 1.82) is 0 Å². The Morgan fingerprint density at radius 2 is 1.79 bits per heavy atom. The number of hydrogen-bond acceptors (Lipinski definition) is 0. The monoisotopic (exact) mass is 196 g/mol. The quantitative estimate of drug-likeness (QED) is 0.434. The van der Waals surface area contributed by atoms with Crippen LogP contribution in [0.2, 0.25) is 0 Å². The van der Waals surface area contributed by atoms with Crippen LogP contribution < -0.4 is 0 Å². The summed E-state index contributed by atoms with van der Waals surface area (Å²) in [6, 6.07) is 0. The number of nitrogens with zero attached hydrogens (tertiary/aromatic N) is 2. The maximum absolute atomic E-state index is 2.39. The van der Waals surface area contributed by atoms with Crippen molar-refractivity contribution in [3.8, 4) is 0 Å². The Morgan fingerprint density at radius 3 is 2.43 bits per heavy atom. The van der Waals surface area contributed by atoms with Crippen molar-refractivity contribution in [2.24, 2.45) is 0 Å². The molecule has 2 nitrogen and oxygen atoms in total. The lowest BCUT2D eigenvalue weighted by molar-refractivity contribution is -0.531. The van der Waals surface area contributed by atoms with Crippen LogP contribution in [0.5, 0.6) is 0 Å². The van der Waals surface area contributed by atoms with Gasteiger partial charge in [-0.2, -0.15) is 9.15 Å².